The van der Waals surface area contributed by atoms with Crippen molar-refractivity contribution in [3.05, 3.63) is 39.5 Å². The van der Waals surface area contributed by atoms with Gasteiger partial charge >= 0.3 is 6.61 Å². The van der Waals surface area contributed by atoms with Gasteiger partial charge in [0.1, 0.15) is 12.6 Å². The Kier molecular flexibility index (Phi) is 9.19. The molecule has 5 rings (SSSR count). The Morgan fingerprint density at radius 1 is 1.15 bits per heavy atom. The summed E-state index contributed by atoms with van der Waals surface area (Å²) in [7, 11) is 0. The first-order valence-electron chi connectivity index (χ1n) is 13.3. The molecule has 1 atom stereocenters. The molecule has 0 bridgehead atoms. The number of nitrogens with zero attached hydrogens (tertiary/aromatic N) is 2. The molecule has 0 spiro atoms. The Hall–Kier alpha value is -2.80. The lowest BCUT2D eigenvalue weighted by Crippen LogP contribution is -2.52. The molecular formula is C27H31ClF2N4O5S. The van der Waals surface area contributed by atoms with E-state index in [4.69, 9.17) is 21.1 Å². The van der Waals surface area contributed by atoms with E-state index in [-0.39, 0.29) is 61.1 Å². The van der Waals surface area contributed by atoms with Crippen molar-refractivity contribution in [1.82, 2.24) is 10.2 Å². The molecule has 2 saturated carbocycles. The fourth-order valence-electron chi connectivity index (χ4n) is 4.70. The highest BCUT2D eigenvalue weighted by Gasteiger charge is 2.36. The predicted octanol–water partition coefficient (Wildman–Crippen LogP) is 4.23. The van der Waals surface area contributed by atoms with Gasteiger partial charge < -0.3 is 25.0 Å². The lowest BCUT2D eigenvalue weighted by atomic mass is 10.1. The summed E-state index contributed by atoms with van der Waals surface area (Å²) in [5.41, 5.74) is 0.415. The number of benzene rings is 1. The zero-order valence-corrected chi connectivity index (χ0v) is 23.3. The Morgan fingerprint density at radius 3 is 2.48 bits per heavy atom. The third-order valence-corrected chi connectivity index (χ3v) is 8.33. The van der Waals surface area contributed by atoms with Gasteiger partial charge in [0.25, 0.3) is 11.8 Å². The molecular weight excluding hydrogens is 566 g/mol. The molecule has 3 aliphatic rings. The molecule has 2 aliphatic carbocycles. The van der Waals surface area contributed by atoms with Crippen LogP contribution in [0.4, 0.5) is 20.2 Å². The molecule has 1 aliphatic heterocycles. The number of carbonyl (C=O) groups is 3. The number of thiophene rings is 1. The van der Waals surface area contributed by atoms with Gasteiger partial charge in [-0.05, 0) is 61.8 Å². The van der Waals surface area contributed by atoms with Crippen molar-refractivity contribution in [3.63, 3.8) is 0 Å². The molecule has 40 heavy (non-hydrogen) atoms. The van der Waals surface area contributed by atoms with Crippen LogP contribution in [0, 0.1) is 11.8 Å². The molecule has 3 fully saturated rings. The molecule has 216 valence electrons. The van der Waals surface area contributed by atoms with Crippen LogP contribution < -0.4 is 20.3 Å². The van der Waals surface area contributed by atoms with Gasteiger partial charge in [0.15, 0.2) is 5.75 Å². The van der Waals surface area contributed by atoms with Gasteiger partial charge in [-0.25, -0.2) is 0 Å². The number of carbonyl (C=O) groups excluding carboxylic acids is 3. The van der Waals surface area contributed by atoms with Gasteiger partial charge in [-0.2, -0.15) is 8.78 Å². The first kappa shape index (κ1) is 28.7. The van der Waals surface area contributed by atoms with E-state index >= 15 is 0 Å². The SMILES string of the molecule is O=C(NC[C@H](C(=O)Nc1ccc(N2CCOCC2=O)c(OC(F)F)c1)N(CC1CC1)CC1CC1)c1ccc(Cl)s1. The molecule has 2 heterocycles. The zero-order valence-electron chi connectivity index (χ0n) is 21.7. The molecule has 0 unspecified atom stereocenters. The van der Waals surface area contributed by atoms with Crippen molar-refractivity contribution in [3.8, 4) is 5.75 Å². The van der Waals surface area contributed by atoms with Crippen molar-refractivity contribution in [2.24, 2.45) is 11.8 Å². The number of hydrogen-bond donors (Lipinski definition) is 2. The molecule has 13 heteroatoms. The average Bonchev–Trinajstić information content (AvgIpc) is 3.85. The molecule has 1 aromatic carbocycles. The normalized spacial score (nSPS) is 18.2. The predicted molar refractivity (Wildman–Crippen MR) is 147 cm³/mol. The highest BCUT2D eigenvalue weighted by molar-refractivity contribution is 7.18. The van der Waals surface area contributed by atoms with Crippen LogP contribution in [0.5, 0.6) is 5.75 Å². The van der Waals surface area contributed by atoms with Gasteiger partial charge in [0, 0.05) is 37.9 Å². The first-order valence-corrected chi connectivity index (χ1v) is 14.5. The van der Waals surface area contributed by atoms with Crippen molar-refractivity contribution >= 4 is 52.0 Å². The Bertz CT molecular complexity index is 1230. The van der Waals surface area contributed by atoms with Gasteiger partial charge in [0.05, 0.1) is 21.5 Å². The summed E-state index contributed by atoms with van der Waals surface area (Å²) >= 11 is 7.14. The topological polar surface area (TPSA) is 100 Å². The molecule has 9 nitrogen and oxygen atoms in total. The van der Waals surface area contributed by atoms with Gasteiger partial charge in [-0.15, -0.1) is 11.3 Å². The van der Waals surface area contributed by atoms with Gasteiger partial charge in [-0.1, -0.05) is 11.6 Å². The summed E-state index contributed by atoms with van der Waals surface area (Å²) in [5.74, 6) is -0.269. The van der Waals surface area contributed by atoms with E-state index in [1.54, 1.807) is 18.2 Å². The fraction of sp³-hybridized carbons (Fsp3) is 0.519. The molecule has 2 N–H and O–H groups in total. The van der Waals surface area contributed by atoms with E-state index in [0.717, 1.165) is 50.1 Å². The first-order chi connectivity index (χ1) is 19.3. The number of rotatable bonds is 13. The summed E-state index contributed by atoms with van der Waals surface area (Å²) in [4.78, 5) is 42.7. The minimum atomic E-state index is -3.12. The molecule has 3 amide bonds. The number of nitrogens with one attached hydrogen (secondary N) is 2. The fourth-order valence-corrected chi connectivity index (χ4v) is 5.66. The van der Waals surface area contributed by atoms with Crippen molar-refractivity contribution < 1.29 is 32.6 Å². The number of hydrogen-bond acceptors (Lipinski definition) is 7. The number of halogens is 3. The second kappa shape index (κ2) is 12.8. The molecule has 1 aromatic heterocycles. The molecule has 0 radical (unpaired) electrons. The van der Waals surface area contributed by atoms with E-state index in [1.807, 2.05) is 0 Å². The smallest absolute Gasteiger partial charge is 0.387 e. The van der Waals surface area contributed by atoms with E-state index in [2.05, 4.69) is 15.5 Å². The second-order valence-corrected chi connectivity index (χ2v) is 12.0. The summed E-state index contributed by atoms with van der Waals surface area (Å²) in [6, 6.07) is 6.90. The van der Waals surface area contributed by atoms with Crippen LogP contribution in [0.15, 0.2) is 30.3 Å². The van der Waals surface area contributed by atoms with Crippen LogP contribution in [-0.4, -0.2) is 74.7 Å². The Labute approximate surface area is 239 Å². The summed E-state index contributed by atoms with van der Waals surface area (Å²) in [6.07, 6.45) is 4.41. The van der Waals surface area contributed by atoms with Crippen molar-refractivity contribution in [2.75, 3.05) is 49.6 Å². The second-order valence-electron chi connectivity index (χ2n) is 10.3. The summed E-state index contributed by atoms with van der Waals surface area (Å²) in [6.45, 7) is -1.27. The number of alkyl halides is 2. The van der Waals surface area contributed by atoms with Crippen molar-refractivity contribution in [1.29, 1.82) is 0 Å². The van der Waals surface area contributed by atoms with Crippen LogP contribution in [0.3, 0.4) is 0 Å². The van der Waals surface area contributed by atoms with E-state index in [1.165, 1.54) is 17.0 Å². The Morgan fingerprint density at radius 2 is 1.88 bits per heavy atom. The van der Waals surface area contributed by atoms with E-state index in [9.17, 15) is 23.2 Å². The monoisotopic (exact) mass is 596 g/mol. The van der Waals surface area contributed by atoms with Gasteiger partial charge in [0.2, 0.25) is 5.91 Å². The third-order valence-electron chi connectivity index (χ3n) is 7.10. The number of anilines is 2. The maximum atomic E-state index is 13.7. The maximum absolute atomic E-state index is 13.7. The van der Waals surface area contributed by atoms with E-state index < -0.39 is 12.7 Å². The highest BCUT2D eigenvalue weighted by Crippen LogP contribution is 2.36. The van der Waals surface area contributed by atoms with Crippen LogP contribution >= 0.6 is 22.9 Å². The van der Waals surface area contributed by atoms with Crippen molar-refractivity contribution in [2.45, 2.75) is 38.3 Å². The highest BCUT2D eigenvalue weighted by atomic mass is 35.5. The van der Waals surface area contributed by atoms with E-state index in [0.29, 0.717) is 21.0 Å². The van der Waals surface area contributed by atoms with Crippen LogP contribution in [0.1, 0.15) is 35.4 Å². The quantitative estimate of drug-likeness (QED) is 0.359. The molecule has 1 saturated heterocycles. The summed E-state index contributed by atoms with van der Waals surface area (Å²) in [5, 5.41) is 5.70. The Balaban J connectivity index is 1.35. The number of ether oxygens (including phenoxy) is 2. The minimum Gasteiger partial charge on any atom is -0.433 e. The van der Waals surface area contributed by atoms with Crippen LogP contribution in [-0.2, 0) is 14.3 Å². The number of amides is 3. The van der Waals surface area contributed by atoms with Gasteiger partial charge in [-0.3, -0.25) is 19.3 Å². The average molecular weight is 597 g/mol. The van der Waals surface area contributed by atoms with Crippen LogP contribution in [0.2, 0.25) is 4.34 Å². The maximum Gasteiger partial charge on any atom is 0.387 e. The largest absolute Gasteiger partial charge is 0.433 e. The third kappa shape index (κ3) is 7.68. The lowest BCUT2D eigenvalue weighted by Gasteiger charge is -2.31. The number of morpholine rings is 1. The van der Waals surface area contributed by atoms with Crippen LogP contribution in [0.25, 0.3) is 0 Å². The molecule has 2 aromatic rings. The lowest BCUT2D eigenvalue weighted by molar-refractivity contribution is -0.126. The minimum absolute atomic E-state index is 0.0698. The zero-order chi connectivity index (χ0) is 28.2. The standard InChI is InChI=1S/C27H31ClF2N4O5S/c28-23-8-7-22(40-23)26(37)31-12-20(33(13-16-1-2-16)14-17-3-4-17)25(36)32-18-5-6-19(21(11-18)39-27(29)30)34-9-10-38-15-24(34)35/h5-8,11,16-17,20,27H,1-4,9-10,12-15H2,(H,31,37)(H,32,36)/t20-/m1/s1. The summed E-state index contributed by atoms with van der Waals surface area (Å²) < 4.78 is 36.9.